The van der Waals surface area contributed by atoms with Crippen LogP contribution in [0.3, 0.4) is 0 Å². The average Bonchev–Trinajstić information content (AvgIpc) is 2.93. The molecule has 0 radical (unpaired) electrons. The van der Waals surface area contributed by atoms with Gasteiger partial charge in [0.05, 0.1) is 16.1 Å². The minimum atomic E-state index is -0.386. The van der Waals surface area contributed by atoms with E-state index in [9.17, 15) is 9.59 Å². The summed E-state index contributed by atoms with van der Waals surface area (Å²) in [6.45, 7) is 4.48. The van der Waals surface area contributed by atoms with Crippen LogP contribution in [0.25, 0.3) is 0 Å². The molecule has 1 aliphatic heterocycles. The molecule has 1 atom stereocenters. The van der Waals surface area contributed by atoms with Crippen molar-refractivity contribution in [2.24, 2.45) is 0 Å². The van der Waals surface area contributed by atoms with Gasteiger partial charge in [0.1, 0.15) is 0 Å². The Bertz CT molecular complexity index is 870. The van der Waals surface area contributed by atoms with Gasteiger partial charge >= 0.3 is 6.03 Å². The lowest BCUT2D eigenvalue weighted by molar-refractivity contribution is -0.117. The molecule has 1 heterocycles. The highest BCUT2D eigenvalue weighted by atomic mass is 35.5. The third-order valence-corrected chi connectivity index (χ3v) is 5.18. The fraction of sp³-hybridized carbons (Fsp3) is 0.263. The number of rotatable bonds is 3. The molecule has 1 fully saturated rings. The zero-order chi connectivity index (χ0) is 18.8. The Morgan fingerprint density at radius 3 is 2.54 bits per heavy atom. The second kappa shape index (κ2) is 7.56. The van der Waals surface area contributed by atoms with E-state index in [1.165, 1.54) is 5.56 Å². The third kappa shape index (κ3) is 4.11. The maximum absolute atomic E-state index is 12.3. The number of anilines is 2. The topological polar surface area (TPSA) is 61.4 Å². The zero-order valence-corrected chi connectivity index (χ0v) is 16.0. The second-order valence-electron chi connectivity index (χ2n) is 6.40. The van der Waals surface area contributed by atoms with Crippen LogP contribution in [-0.4, -0.2) is 24.5 Å². The molecule has 0 aromatic heterocycles. The van der Waals surface area contributed by atoms with E-state index in [0.29, 0.717) is 22.3 Å². The van der Waals surface area contributed by atoms with Gasteiger partial charge in [-0.1, -0.05) is 29.3 Å². The van der Waals surface area contributed by atoms with Crippen LogP contribution in [0, 0.1) is 13.8 Å². The Balaban J connectivity index is 1.62. The molecule has 136 valence electrons. The number of urea groups is 1. The molecule has 1 aliphatic rings. The predicted octanol–water partition coefficient (Wildman–Crippen LogP) is 4.54. The third-order valence-electron chi connectivity index (χ3n) is 4.44. The number of carbonyl (C=O) groups excluding carboxylic acids is 2. The van der Waals surface area contributed by atoms with E-state index in [0.717, 1.165) is 11.3 Å². The van der Waals surface area contributed by atoms with Crippen LogP contribution in [-0.2, 0) is 4.79 Å². The number of benzene rings is 2. The molecular weight excluding hydrogens is 373 g/mol. The van der Waals surface area contributed by atoms with Crippen LogP contribution >= 0.6 is 23.2 Å². The quantitative estimate of drug-likeness (QED) is 0.806. The summed E-state index contributed by atoms with van der Waals surface area (Å²) >= 11 is 11.8. The van der Waals surface area contributed by atoms with Gasteiger partial charge in [0, 0.05) is 24.3 Å². The van der Waals surface area contributed by atoms with Crippen LogP contribution in [0.4, 0.5) is 16.2 Å². The summed E-state index contributed by atoms with van der Waals surface area (Å²) in [5.74, 6) is -0.00640. The number of nitrogens with one attached hydrogen (secondary N) is 2. The first kappa shape index (κ1) is 18.5. The summed E-state index contributed by atoms with van der Waals surface area (Å²) in [6.07, 6.45) is 0.266. The number of halogens is 2. The molecule has 5 nitrogen and oxygen atoms in total. The standard InChI is InChI=1S/C19H19Cl2N3O2/c1-11-3-5-15(7-12(11)2)24-10-14(9-18(24)25)23-19(26)22-13-4-6-16(20)17(21)8-13/h3-8,14H,9-10H2,1-2H3,(H2,22,23,26)/t14-/m1/s1. The maximum Gasteiger partial charge on any atom is 0.319 e. The molecule has 0 bridgehead atoms. The first-order valence-electron chi connectivity index (χ1n) is 8.23. The molecule has 2 aromatic carbocycles. The fourth-order valence-electron chi connectivity index (χ4n) is 2.87. The first-order valence-corrected chi connectivity index (χ1v) is 8.99. The smallest absolute Gasteiger partial charge is 0.319 e. The Kier molecular flexibility index (Phi) is 5.39. The molecule has 0 aliphatic carbocycles. The van der Waals surface area contributed by atoms with Gasteiger partial charge in [0.25, 0.3) is 0 Å². The summed E-state index contributed by atoms with van der Waals surface area (Å²) < 4.78 is 0. The van der Waals surface area contributed by atoms with Crippen LogP contribution in [0.5, 0.6) is 0 Å². The van der Waals surface area contributed by atoms with Crippen LogP contribution in [0.15, 0.2) is 36.4 Å². The van der Waals surface area contributed by atoms with Crippen molar-refractivity contribution in [2.45, 2.75) is 26.3 Å². The van der Waals surface area contributed by atoms with Crippen LogP contribution in [0.1, 0.15) is 17.5 Å². The largest absolute Gasteiger partial charge is 0.333 e. The number of hydrogen-bond acceptors (Lipinski definition) is 2. The van der Waals surface area contributed by atoms with Crippen molar-refractivity contribution in [2.75, 3.05) is 16.8 Å². The molecule has 7 heteroatoms. The van der Waals surface area contributed by atoms with Gasteiger partial charge in [-0.25, -0.2) is 4.79 Å². The Morgan fingerprint density at radius 1 is 1.08 bits per heavy atom. The lowest BCUT2D eigenvalue weighted by Crippen LogP contribution is -2.39. The molecule has 0 saturated carbocycles. The van der Waals surface area contributed by atoms with E-state index in [1.54, 1.807) is 23.1 Å². The number of carbonyl (C=O) groups is 2. The van der Waals surface area contributed by atoms with E-state index >= 15 is 0 Å². The van der Waals surface area contributed by atoms with Gasteiger partial charge in [0.2, 0.25) is 5.91 Å². The Morgan fingerprint density at radius 2 is 1.85 bits per heavy atom. The lowest BCUT2D eigenvalue weighted by Gasteiger charge is -2.18. The van der Waals surface area contributed by atoms with Gasteiger partial charge in [-0.05, 0) is 55.3 Å². The highest BCUT2D eigenvalue weighted by molar-refractivity contribution is 6.42. The van der Waals surface area contributed by atoms with E-state index in [1.807, 2.05) is 32.0 Å². The van der Waals surface area contributed by atoms with Crippen LogP contribution < -0.4 is 15.5 Å². The van der Waals surface area contributed by atoms with Crippen molar-refractivity contribution >= 4 is 46.5 Å². The zero-order valence-electron chi connectivity index (χ0n) is 14.5. The summed E-state index contributed by atoms with van der Waals surface area (Å²) in [7, 11) is 0. The number of hydrogen-bond donors (Lipinski definition) is 2. The van der Waals surface area contributed by atoms with E-state index in [2.05, 4.69) is 10.6 Å². The van der Waals surface area contributed by atoms with E-state index in [-0.39, 0.29) is 24.4 Å². The average molecular weight is 392 g/mol. The van der Waals surface area contributed by atoms with E-state index < -0.39 is 0 Å². The highest BCUT2D eigenvalue weighted by Crippen LogP contribution is 2.26. The summed E-state index contributed by atoms with van der Waals surface area (Å²) in [5.41, 5.74) is 3.69. The van der Waals surface area contributed by atoms with Crippen molar-refractivity contribution in [3.8, 4) is 0 Å². The molecule has 0 spiro atoms. The highest BCUT2D eigenvalue weighted by Gasteiger charge is 2.31. The SMILES string of the molecule is Cc1ccc(N2C[C@H](NC(=O)Nc3ccc(Cl)c(Cl)c3)CC2=O)cc1C. The second-order valence-corrected chi connectivity index (χ2v) is 7.22. The van der Waals surface area contributed by atoms with E-state index in [4.69, 9.17) is 23.2 Å². The summed E-state index contributed by atoms with van der Waals surface area (Å²) in [4.78, 5) is 26.2. The minimum absolute atomic E-state index is 0.00640. The predicted molar refractivity (Wildman–Crippen MR) is 105 cm³/mol. The molecule has 26 heavy (non-hydrogen) atoms. The Hall–Kier alpha value is -2.24. The molecule has 0 unspecified atom stereocenters. The van der Waals surface area contributed by atoms with Crippen molar-refractivity contribution in [1.29, 1.82) is 0 Å². The number of nitrogens with zero attached hydrogens (tertiary/aromatic N) is 1. The van der Waals surface area contributed by atoms with Crippen molar-refractivity contribution in [3.05, 3.63) is 57.6 Å². The monoisotopic (exact) mass is 391 g/mol. The van der Waals surface area contributed by atoms with Gasteiger partial charge in [-0.15, -0.1) is 0 Å². The van der Waals surface area contributed by atoms with Crippen molar-refractivity contribution in [1.82, 2.24) is 5.32 Å². The summed E-state index contributed by atoms with van der Waals surface area (Å²) in [6, 6.07) is 10.1. The van der Waals surface area contributed by atoms with Gasteiger partial charge < -0.3 is 15.5 Å². The van der Waals surface area contributed by atoms with Gasteiger partial charge in [-0.3, -0.25) is 4.79 Å². The normalized spacial score (nSPS) is 16.7. The number of amides is 3. The summed E-state index contributed by atoms with van der Waals surface area (Å²) in [5, 5.41) is 6.31. The van der Waals surface area contributed by atoms with Crippen molar-refractivity contribution in [3.63, 3.8) is 0 Å². The molecule has 2 N–H and O–H groups in total. The first-order chi connectivity index (χ1) is 12.3. The molecule has 2 aromatic rings. The lowest BCUT2D eigenvalue weighted by atomic mass is 10.1. The maximum atomic E-state index is 12.3. The number of aryl methyl sites for hydroxylation is 2. The van der Waals surface area contributed by atoms with Crippen molar-refractivity contribution < 1.29 is 9.59 Å². The van der Waals surface area contributed by atoms with Gasteiger partial charge in [0.15, 0.2) is 0 Å². The van der Waals surface area contributed by atoms with Gasteiger partial charge in [-0.2, -0.15) is 0 Å². The minimum Gasteiger partial charge on any atom is -0.333 e. The molecule has 3 rings (SSSR count). The van der Waals surface area contributed by atoms with Crippen LogP contribution in [0.2, 0.25) is 10.0 Å². The molecular formula is C19H19Cl2N3O2. The molecule has 1 saturated heterocycles. The Labute approximate surface area is 162 Å². The fourth-order valence-corrected chi connectivity index (χ4v) is 3.17. The molecule has 3 amide bonds.